The topological polar surface area (TPSA) is 60.8 Å². The van der Waals surface area contributed by atoms with E-state index >= 15 is 0 Å². The smallest absolute Gasteiger partial charge is 0.166 e. The molecule has 3 atom stereocenters. The van der Waals surface area contributed by atoms with E-state index in [0.717, 1.165) is 17.4 Å². The van der Waals surface area contributed by atoms with Crippen LogP contribution in [0.4, 0.5) is 0 Å². The van der Waals surface area contributed by atoms with Gasteiger partial charge >= 0.3 is 0 Å². The number of fused-ring (bicyclic) bond motifs is 1. The molecule has 0 aromatic heterocycles. The molecule has 2 aliphatic heterocycles. The molecule has 17 heavy (non-hydrogen) atoms. The van der Waals surface area contributed by atoms with Gasteiger partial charge in [0.2, 0.25) is 0 Å². The van der Waals surface area contributed by atoms with Crippen LogP contribution in [0.15, 0.2) is 35.6 Å². The Hall–Kier alpha value is -1.39. The Kier molecular flexibility index (Phi) is 3.17. The molecule has 0 aromatic rings. The molecule has 0 amide bonds. The summed E-state index contributed by atoms with van der Waals surface area (Å²) in [4.78, 5) is 12.8. The van der Waals surface area contributed by atoms with Crippen LogP contribution < -0.4 is 0 Å². The molecule has 2 N–H and O–H groups in total. The molecule has 0 spiro atoms. The van der Waals surface area contributed by atoms with Crippen molar-refractivity contribution in [1.82, 2.24) is 4.90 Å². The number of allylic oxidation sites excluding steroid dienone is 4. The van der Waals surface area contributed by atoms with E-state index in [0.29, 0.717) is 12.1 Å². The second-order valence-electron chi connectivity index (χ2n) is 4.37. The van der Waals surface area contributed by atoms with Gasteiger partial charge in [-0.1, -0.05) is 18.7 Å². The SMILES string of the molecule is C=C/C(=C\C)C1=C(C=O)N2C(O)C(CO)C2C1. The molecule has 1 fully saturated rings. The minimum atomic E-state index is -0.745. The fourth-order valence-corrected chi connectivity index (χ4v) is 2.78. The van der Waals surface area contributed by atoms with Crippen LogP contribution in [0.1, 0.15) is 13.3 Å². The molecule has 0 aliphatic carbocycles. The molecule has 0 aromatic carbocycles. The van der Waals surface area contributed by atoms with Crippen molar-refractivity contribution in [2.45, 2.75) is 25.6 Å². The molecule has 0 bridgehead atoms. The van der Waals surface area contributed by atoms with Gasteiger partial charge in [0.25, 0.3) is 0 Å². The third-order valence-corrected chi connectivity index (χ3v) is 3.72. The van der Waals surface area contributed by atoms with Crippen molar-refractivity contribution < 1.29 is 15.0 Å². The zero-order valence-electron chi connectivity index (χ0n) is 9.84. The summed E-state index contributed by atoms with van der Waals surface area (Å²) < 4.78 is 0. The van der Waals surface area contributed by atoms with Crippen LogP contribution in [0.3, 0.4) is 0 Å². The number of carbonyl (C=O) groups is 1. The molecule has 2 heterocycles. The zero-order chi connectivity index (χ0) is 12.6. The molecule has 4 nitrogen and oxygen atoms in total. The maximum atomic E-state index is 11.1. The lowest BCUT2D eigenvalue weighted by molar-refractivity contribution is -0.161. The number of aliphatic hydroxyl groups is 2. The molecule has 3 unspecified atom stereocenters. The quantitative estimate of drug-likeness (QED) is 0.553. The summed E-state index contributed by atoms with van der Waals surface area (Å²) in [6, 6.07) is 0.0418. The Labute approximate surface area is 101 Å². The number of hydrogen-bond donors (Lipinski definition) is 2. The van der Waals surface area contributed by atoms with Gasteiger partial charge in [0.05, 0.1) is 12.3 Å². The number of carbonyl (C=O) groups excluding carboxylic acids is 1. The van der Waals surface area contributed by atoms with Crippen LogP contribution in [0.25, 0.3) is 0 Å². The Bertz CT molecular complexity index is 411. The lowest BCUT2D eigenvalue weighted by Crippen LogP contribution is -2.62. The predicted octanol–water partition coefficient (Wildman–Crippen LogP) is 0.587. The minimum Gasteiger partial charge on any atom is -0.396 e. The third-order valence-electron chi connectivity index (χ3n) is 3.72. The first-order chi connectivity index (χ1) is 8.19. The van der Waals surface area contributed by atoms with Crippen molar-refractivity contribution in [3.63, 3.8) is 0 Å². The van der Waals surface area contributed by atoms with Gasteiger partial charge in [0.15, 0.2) is 6.29 Å². The van der Waals surface area contributed by atoms with Crippen molar-refractivity contribution in [3.8, 4) is 0 Å². The van der Waals surface area contributed by atoms with Crippen LogP contribution in [0, 0.1) is 5.92 Å². The van der Waals surface area contributed by atoms with E-state index < -0.39 is 6.23 Å². The third kappa shape index (κ3) is 1.56. The molecular weight excluding hydrogens is 218 g/mol. The molecule has 2 aliphatic rings. The summed E-state index contributed by atoms with van der Waals surface area (Å²) >= 11 is 0. The van der Waals surface area contributed by atoms with E-state index in [-0.39, 0.29) is 18.6 Å². The minimum absolute atomic E-state index is 0.0418. The van der Waals surface area contributed by atoms with E-state index in [1.165, 1.54) is 0 Å². The summed E-state index contributed by atoms with van der Waals surface area (Å²) in [5.74, 6) is -0.162. The summed E-state index contributed by atoms with van der Waals surface area (Å²) in [5.41, 5.74) is 2.36. The van der Waals surface area contributed by atoms with Crippen molar-refractivity contribution >= 4 is 6.29 Å². The average molecular weight is 235 g/mol. The number of rotatable bonds is 4. The molecule has 0 saturated carbocycles. The lowest BCUT2D eigenvalue weighted by Gasteiger charge is -2.49. The van der Waals surface area contributed by atoms with Gasteiger partial charge in [-0.05, 0) is 24.5 Å². The summed E-state index contributed by atoms with van der Waals surface area (Å²) in [6.07, 6.45) is 4.33. The molecule has 92 valence electrons. The van der Waals surface area contributed by atoms with E-state index in [1.807, 2.05) is 13.0 Å². The van der Waals surface area contributed by atoms with Crippen LogP contribution in [0.2, 0.25) is 0 Å². The summed E-state index contributed by atoms with van der Waals surface area (Å²) in [5, 5.41) is 19.0. The number of aldehydes is 1. The van der Waals surface area contributed by atoms with Crippen molar-refractivity contribution in [2.75, 3.05) is 6.61 Å². The summed E-state index contributed by atoms with van der Waals surface area (Å²) in [6.45, 7) is 5.56. The van der Waals surface area contributed by atoms with E-state index in [1.54, 1.807) is 11.0 Å². The molecule has 4 heteroatoms. The van der Waals surface area contributed by atoms with Crippen molar-refractivity contribution in [3.05, 3.63) is 35.6 Å². The van der Waals surface area contributed by atoms with Crippen LogP contribution in [-0.4, -0.2) is 40.3 Å². The molecule has 0 radical (unpaired) electrons. The average Bonchev–Trinajstić information content (AvgIpc) is 2.66. The number of aliphatic hydroxyl groups excluding tert-OH is 2. The van der Waals surface area contributed by atoms with Gasteiger partial charge in [0, 0.05) is 12.0 Å². The van der Waals surface area contributed by atoms with E-state index in [9.17, 15) is 15.0 Å². The Morgan fingerprint density at radius 2 is 2.35 bits per heavy atom. The highest BCUT2D eigenvalue weighted by atomic mass is 16.3. The second kappa shape index (κ2) is 4.47. The molecule has 1 saturated heterocycles. The lowest BCUT2D eigenvalue weighted by atomic mass is 9.85. The fourth-order valence-electron chi connectivity index (χ4n) is 2.78. The molecular formula is C13H17NO3. The maximum Gasteiger partial charge on any atom is 0.166 e. The molecule has 2 rings (SSSR count). The van der Waals surface area contributed by atoms with Gasteiger partial charge in [-0.25, -0.2) is 0 Å². The van der Waals surface area contributed by atoms with Crippen molar-refractivity contribution in [1.29, 1.82) is 0 Å². The summed E-state index contributed by atoms with van der Waals surface area (Å²) in [7, 11) is 0. The largest absolute Gasteiger partial charge is 0.396 e. The van der Waals surface area contributed by atoms with Gasteiger partial charge < -0.3 is 15.1 Å². The van der Waals surface area contributed by atoms with Crippen LogP contribution in [-0.2, 0) is 4.79 Å². The van der Waals surface area contributed by atoms with Gasteiger partial charge in [-0.2, -0.15) is 0 Å². The first-order valence-electron chi connectivity index (χ1n) is 5.74. The Morgan fingerprint density at radius 1 is 1.65 bits per heavy atom. The number of nitrogens with zero attached hydrogens (tertiary/aromatic N) is 1. The highest BCUT2D eigenvalue weighted by Crippen LogP contribution is 2.45. The fraction of sp³-hybridized carbons (Fsp3) is 0.462. The number of hydrogen-bond acceptors (Lipinski definition) is 4. The first kappa shape index (κ1) is 12.1. The van der Waals surface area contributed by atoms with Gasteiger partial charge in [-0.3, -0.25) is 4.79 Å². The van der Waals surface area contributed by atoms with Crippen molar-refractivity contribution in [2.24, 2.45) is 5.92 Å². The Balaban J connectivity index is 2.34. The first-order valence-corrected chi connectivity index (χ1v) is 5.74. The maximum absolute atomic E-state index is 11.1. The van der Waals surface area contributed by atoms with E-state index in [2.05, 4.69) is 6.58 Å². The zero-order valence-corrected chi connectivity index (χ0v) is 9.84. The highest BCUT2D eigenvalue weighted by Gasteiger charge is 2.52. The van der Waals surface area contributed by atoms with Gasteiger partial charge in [-0.15, -0.1) is 0 Å². The monoisotopic (exact) mass is 235 g/mol. The van der Waals surface area contributed by atoms with Crippen LogP contribution in [0.5, 0.6) is 0 Å². The van der Waals surface area contributed by atoms with E-state index in [4.69, 9.17) is 0 Å². The van der Waals surface area contributed by atoms with Gasteiger partial charge in [0.1, 0.15) is 6.23 Å². The predicted molar refractivity (Wildman–Crippen MR) is 63.9 cm³/mol. The Morgan fingerprint density at radius 3 is 2.82 bits per heavy atom. The highest BCUT2D eigenvalue weighted by molar-refractivity contribution is 5.78. The second-order valence-corrected chi connectivity index (χ2v) is 4.37. The van der Waals surface area contributed by atoms with Crippen LogP contribution >= 0.6 is 0 Å². The standard InChI is InChI=1S/C13H17NO3/c1-3-8(4-2)9-5-11-10(6-15)13(17)14(11)12(9)7-16/h3-4,7,10-11,13,15,17H,1,5-6H2,2H3/b8-4+. The normalized spacial score (nSPS) is 32.3.